The van der Waals surface area contributed by atoms with Crippen molar-refractivity contribution in [1.82, 2.24) is 0 Å². The van der Waals surface area contributed by atoms with Crippen LogP contribution in [-0.4, -0.2) is 54.2 Å². The summed E-state index contributed by atoms with van der Waals surface area (Å²) >= 11 is 0. The third-order valence-corrected chi connectivity index (χ3v) is 18.0. The Hall–Kier alpha value is -2.09. The molecule has 2 saturated carbocycles. The van der Waals surface area contributed by atoms with Crippen LogP contribution >= 0.6 is 7.82 Å². The monoisotopic (exact) mass is 836 g/mol. The van der Waals surface area contributed by atoms with Gasteiger partial charge in [-0.3, -0.25) is 4.52 Å². The zero-order valence-corrected chi connectivity index (χ0v) is 36.1. The van der Waals surface area contributed by atoms with E-state index < -0.39 is 43.2 Å². The maximum absolute atomic E-state index is 14.8. The fraction of sp³-hybridized carbons (Fsp3) is 0.739. The van der Waals surface area contributed by atoms with Crippen LogP contribution in [0.4, 0.5) is 0 Å². The molecule has 322 valence electrons. The molecule has 2 aromatic rings. The summed E-state index contributed by atoms with van der Waals surface area (Å²) in [6.45, 7) is 13.3. The van der Waals surface area contributed by atoms with E-state index in [-0.39, 0.29) is 60.2 Å². The summed E-state index contributed by atoms with van der Waals surface area (Å²) < 4.78 is 61.6. The fourth-order valence-electron chi connectivity index (χ4n) is 13.4. The molecule has 11 aliphatic rings. The average Bonchev–Trinajstić information content (AvgIpc) is 3.64. The molecule has 9 aliphatic heterocycles. The van der Waals surface area contributed by atoms with Crippen LogP contribution in [0.15, 0.2) is 48.5 Å². The zero-order valence-electron chi connectivity index (χ0n) is 35.2. The molecule has 2 aliphatic carbocycles. The largest absolute Gasteiger partial charge is 0.587 e. The Kier molecular flexibility index (Phi) is 9.57. The molecule has 0 amide bonds. The number of benzene rings is 2. The van der Waals surface area contributed by atoms with Gasteiger partial charge in [0.1, 0.15) is 11.5 Å². The van der Waals surface area contributed by atoms with Crippen molar-refractivity contribution >= 4 is 7.82 Å². The van der Waals surface area contributed by atoms with E-state index in [1.54, 1.807) is 0 Å². The molecule has 13 rings (SSSR count). The van der Waals surface area contributed by atoms with E-state index >= 15 is 0 Å². The van der Waals surface area contributed by atoms with Crippen molar-refractivity contribution in [3.05, 3.63) is 48.5 Å². The van der Waals surface area contributed by atoms with Gasteiger partial charge in [-0.2, -0.15) is 0 Å². The summed E-state index contributed by atoms with van der Waals surface area (Å²) in [7, 11) is -4.16. The number of para-hydroxylation sites is 2. The molecule has 0 aromatic heterocycles. The summed E-state index contributed by atoms with van der Waals surface area (Å²) in [5, 5.41) is 0. The fourth-order valence-corrected chi connectivity index (χ4v) is 14.8. The first kappa shape index (κ1) is 39.7. The van der Waals surface area contributed by atoms with Crippen molar-refractivity contribution in [3.8, 4) is 22.6 Å². The topological polar surface area (TPSA) is 119 Å². The maximum atomic E-state index is 14.8. The molecular formula is C46H61O12P. The Morgan fingerprint density at radius 3 is 1.56 bits per heavy atom. The molecule has 8 saturated heterocycles. The summed E-state index contributed by atoms with van der Waals surface area (Å²) in [6, 6.07) is 15.1. The SMILES string of the molecule is C[C@H]1[C@@H](CC(COP2(=O)Oc3ccccc3-c3ccccc3O2)C[C@H]2O[C@@H]3O[C@]4(C)CC[C@H]5[C@H](C)CC[C@@H]([C@H]2C)[C@@]35OO4)O[C@@H]2O[C@]3(C)CC[C@H]4[C@H](C)CC[C@@H]1[C@@]24OO3. The zero-order chi connectivity index (χ0) is 40.5. The molecule has 0 unspecified atom stereocenters. The quantitative estimate of drug-likeness (QED) is 0.195. The van der Waals surface area contributed by atoms with Gasteiger partial charge in [0.05, 0.1) is 18.8 Å². The van der Waals surface area contributed by atoms with Gasteiger partial charge in [0.25, 0.3) is 0 Å². The van der Waals surface area contributed by atoms with E-state index in [2.05, 4.69) is 27.7 Å². The average molecular weight is 837 g/mol. The first-order valence-corrected chi connectivity index (χ1v) is 24.0. The predicted octanol–water partition coefficient (Wildman–Crippen LogP) is 10.1. The molecule has 12 nitrogen and oxygen atoms in total. The van der Waals surface area contributed by atoms with Crippen molar-refractivity contribution < 1.29 is 56.6 Å². The van der Waals surface area contributed by atoms with Gasteiger partial charge in [-0.05, 0) is 119 Å². The van der Waals surface area contributed by atoms with Gasteiger partial charge in [-0.15, -0.1) is 0 Å². The highest BCUT2D eigenvalue weighted by Gasteiger charge is 2.71. The second-order valence-corrected chi connectivity index (χ2v) is 21.7. The second-order valence-electron chi connectivity index (χ2n) is 20.1. The predicted molar refractivity (Wildman–Crippen MR) is 213 cm³/mol. The van der Waals surface area contributed by atoms with Gasteiger partial charge in [-0.25, -0.2) is 24.1 Å². The first-order valence-electron chi connectivity index (χ1n) is 22.5. The molecule has 2 aromatic carbocycles. The molecule has 4 bridgehead atoms. The minimum absolute atomic E-state index is 0.0947. The van der Waals surface area contributed by atoms with Crippen molar-refractivity contribution in [3.63, 3.8) is 0 Å². The standard InChI is InChI=1S/C46H61O12P/c1-26-15-17-35-28(3)39(49-41-45(35)33(26)19-21-43(5,51-41)55-57-45)23-30(25-48-59(47)53-37-13-9-7-11-31(37)32-12-8-10-14-38(32)54-59)24-40-29(4)36-18-16-27(2)34-20-22-44(6)52-42(50-40)46(34,36)58-56-44/h7-14,26-30,33-36,39-42H,15-25H2,1-6H3/t26-,27-,28-,29-,33+,34+,35+,36+,39-,40-,41-,42-,43+,44+,45-,46-/m1/s1. The van der Waals surface area contributed by atoms with Crippen LogP contribution in [0.1, 0.15) is 106 Å². The summed E-state index contributed by atoms with van der Waals surface area (Å²) in [5.41, 5.74) is 0.268. The van der Waals surface area contributed by atoms with Crippen LogP contribution in [-0.2, 0) is 47.6 Å². The molecule has 13 heteroatoms. The first-order chi connectivity index (χ1) is 28.3. The normalized spacial score (nSPS) is 48.0. The van der Waals surface area contributed by atoms with Crippen molar-refractivity contribution in [2.45, 2.75) is 153 Å². The number of phosphoric ester groups is 1. The van der Waals surface area contributed by atoms with Crippen LogP contribution in [0, 0.1) is 53.3 Å². The molecule has 0 N–H and O–H groups in total. The Balaban J connectivity index is 0.913. The van der Waals surface area contributed by atoms with E-state index in [1.165, 1.54) is 0 Å². The maximum Gasteiger partial charge on any atom is 0.587 e. The number of hydrogen-bond acceptors (Lipinski definition) is 12. The third-order valence-electron chi connectivity index (χ3n) is 16.7. The van der Waals surface area contributed by atoms with Crippen molar-refractivity contribution in [2.24, 2.45) is 53.3 Å². The van der Waals surface area contributed by atoms with E-state index in [4.69, 9.17) is 52.1 Å². The lowest BCUT2D eigenvalue weighted by Crippen LogP contribution is -2.70. The number of phosphoric acid groups is 1. The number of fused-ring (bicyclic) bond motifs is 7. The van der Waals surface area contributed by atoms with E-state index in [9.17, 15) is 4.57 Å². The Morgan fingerprint density at radius 2 is 1.08 bits per heavy atom. The van der Waals surface area contributed by atoms with E-state index in [0.29, 0.717) is 36.2 Å². The minimum Gasteiger partial charge on any atom is -0.394 e. The Labute approximate surface area is 348 Å². The third kappa shape index (κ3) is 6.20. The number of ether oxygens (including phenoxy) is 4. The second kappa shape index (κ2) is 14.2. The Bertz CT molecular complexity index is 1850. The highest BCUT2D eigenvalue weighted by Crippen LogP contribution is 2.64. The lowest BCUT2D eigenvalue weighted by atomic mass is 9.56. The van der Waals surface area contributed by atoms with Gasteiger partial charge in [-0.1, -0.05) is 64.1 Å². The van der Waals surface area contributed by atoms with Crippen LogP contribution < -0.4 is 9.05 Å². The Morgan fingerprint density at radius 1 is 0.627 bits per heavy atom. The molecule has 10 fully saturated rings. The highest BCUT2D eigenvalue weighted by molar-refractivity contribution is 7.49. The van der Waals surface area contributed by atoms with Crippen LogP contribution in [0.25, 0.3) is 11.1 Å². The van der Waals surface area contributed by atoms with Gasteiger partial charge in [0.15, 0.2) is 23.8 Å². The summed E-state index contributed by atoms with van der Waals surface area (Å²) in [4.78, 5) is 25.2. The van der Waals surface area contributed by atoms with Gasteiger partial charge in [0.2, 0.25) is 11.6 Å². The molecule has 9 heterocycles. The van der Waals surface area contributed by atoms with Crippen LogP contribution in [0.5, 0.6) is 11.5 Å². The number of hydrogen-bond donors (Lipinski definition) is 0. The summed E-state index contributed by atoms with van der Waals surface area (Å²) in [5.74, 6) is 1.07. The van der Waals surface area contributed by atoms with Crippen molar-refractivity contribution in [2.75, 3.05) is 6.61 Å². The smallest absolute Gasteiger partial charge is 0.394 e. The minimum atomic E-state index is -4.16. The van der Waals surface area contributed by atoms with Gasteiger partial charge < -0.3 is 28.0 Å². The molecule has 59 heavy (non-hydrogen) atoms. The van der Waals surface area contributed by atoms with Gasteiger partial charge in [0, 0.05) is 35.8 Å². The van der Waals surface area contributed by atoms with Crippen molar-refractivity contribution in [1.29, 1.82) is 0 Å². The molecule has 0 radical (unpaired) electrons. The van der Waals surface area contributed by atoms with Crippen LogP contribution in [0.2, 0.25) is 0 Å². The van der Waals surface area contributed by atoms with Gasteiger partial charge >= 0.3 is 7.82 Å². The van der Waals surface area contributed by atoms with E-state index in [1.807, 2.05) is 62.4 Å². The van der Waals surface area contributed by atoms with Crippen LogP contribution in [0.3, 0.4) is 0 Å². The summed E-state index contributed by atoms with van der Waals surface area (Å²) in [6.07, 6.45) is 7.39. The lowest BCUT2D eigenvalue weighted by molar-refractivity contribution is -0.571. The molecule has 2 spiro atoms. The lowest BCUT2D eigenvalue weighted by Gasteiger charge is -2.61. The molecular weight excluding hydrogens is 775 g/mol. The molecule has 16 atom stereocenters. The highest BCUT2D eigenvalue weighted by atomic mass is 31.2. The van der Waals surface area contributed by atoms with E-state index in [0.717, 1.165) is 62.5 Å². The number of rotatable bonds is 7.